The quantitative estimate of drug-likeness (QED) is 0.653. The summed E-state index contributed by atoms with van der Waals surface area (Å²) in [5, 5.41) is 10.0. The maximum absolute atomic E-state index is 11.7. The third-order valence-electron chi connectivity index (χ3n) is 3.95. The highest BCUT2D eigenvalue weighted by Crippen LogP contribution is 2.37. The highest BCUT2D eigenvalue weighted by Gasteiger charge is 2.53. The molecular weight excluding hydrogens is 243 g/mol. The van der Waals surface area contributed by atoms with Crippen LogP contribution < -0.4 is 5.46 Å². The van der Waals surface area contributed by atoms with Crippen molar-refractivity contribution in [3.63, 3.8) is 0 Å². The molecule has 19 heavy (non-hydrogen) atoms. The van der Waals surface area contributed by atoms with E-state index >= 15 is 0 Å². The molecule has 0 aliphatic carbocycles. The smallest absolute Gasteiger partial charge is 0.499 e. The molecule has 1 heterocycles. The van der Waals surface area contributed by atoms with Crippen LogP contribution in [0.4, 0.5) is 0 Å². The van der Waals surface area contributed by atoms with E-state index in [1.54, 1.807) is 12.1 Å². The van der Waals surface area contributed by atoms with E-state index in [9.17, 15) is 9.90 Å². The number of phenolic OH excluding ortho intramolecular Hbond substituents is 1. The summed E-state index contributed by atoms with van der Waals surface area (Å²) in [6.45, 7) is 9.19. The fraction of sp³-hybridized carbons (Fsp3) is 0.500. The molecule has 0 unspecified atom stereocenters. The first-order chi connectivity index (χ1) is 8.66. The molecule has 1 aromatic rings. The predicted octanol–water partition coefficient (Wildman–Crippen LogP) is 1.89. The van der Waals surface area contributed by atoms with Crippen LogP contribution in [0.5, 0.6) is 5.75 Å². The van der Waals surface area contributed by atoms with Crippen LogP contribution in [0.1, 0.15) is 45.0 Å². The Balaban J connectivity index is 2.48. The van der Waals surface area contributed by atoms with E-state index in [2.05, 4.69) is 0 Å². The normalized spacial score (nSPS) is 20.6. The van der Waals surface area contributed by atoms with Crippen molar-refractivity contribution in [2.75, 3.05) is 0 Å². The summed E-state index contributed by atoms with van der Waals surface area (Å²) in [4.78, 5) is 11.7. The molecule has 0 aromatic heterocycles. The minimum absolute atomic E-state index is 0.0196. The van der Waals surface area contributed by atoms with Gasteiger partial charge in [-0.25, -0.2) is 0 Å². The zero-order valence-electron chi connectivity index (χ0n) is 12.0. The highest BCUT2D eigenvalue weighted by atomic mass is 16.7. The summed E-state index contributed by atoms with van der Waals surface area (Å²) in [6.07, 6.45) is 0. The van der Waals surface area contributed by atoms with Crippen molar-refractivity contribution in [3.05, 3.63) is 23.8 Å². The van der Waals surface area contributed by atoms with Crippen molar-refractivity contribution >= 4 is 18.4 Å². The Bertz CT molecular complexity index is 506. The van der Waals surface area contributed by atoms with Gasteiger partial charge in [0.1, 0.15) is 5.75 Å². The lowest BCUT2D eigenvalue weighted by Crippen LogP contribution is -2.41. The van der Waals surface area contributed by atoms with E-state index in [0.717, 1.165) is 0 Å². The van der Waals surface area contributed by atoms with Crippen molar-refractivity contribution in [1.82, 2.24) is 0 Å². The molecule has 1 fully saturated rings. The first-order valence-electron chi connectivity index (χ1n) is 6.34. The van der Waals surface area contributed by atoms with Gasteiger partial charge < -0.3 is 14.4 Å². The Kier molecular flexibility index (Phi) is 3.23. The number of carbonyl (C=O) groups excluding carboxylic acids is 1. The van der Waals surface area contributed by atoms with Gasteiger partial charge in [0.2, 0.25) is 0 Å². The van der Waals surface area contributed by atoms with Gasteiger partial charge in [-0.3, -0.25) is 4.79 Å². The third-order valence-corrected chi connectivity index (χ3v) is 3.95. The topological polar surface area (TPSA) is 55.8 Å². The van der Waals surface area contributed by atoms with E-state index in [-0.39, 0.29) is 11.5 Å². The predicted molar refractivity (Wildman–Crippen MR) is 73.8 cm³/mol. The van der Waals surface area contributed by atoms with Crippen LogP contribution in [0, 0.1) is 0 Å². The second-order valence-electron chi connectivity index (χ2n) is 5.88. The molecule has 1 aliphatic rings. The molecule has 0 radical (unpaired) electrons. The van der Waals surface area contributed by atoms with Crippen molar-refractivity contribution < 1.29 is 19.2 Å². The minimum Gasteiger partial charge on any atom is -0.508 e. The third kappa shape index (κ3) is 2.28. The van der Waals surface area contributed by atoms with Crippen LogP contribution >= 0.6 is 0 Å². The van der Waals surface area contributed by atoms with Crippen molar-refractivity contribution in [1.29, 1.82) is 0 Å². The van der Waals surface area contributed by atoms with Gasteiger partial charge in [0, 0.05) is 11.0 Å². The number of Topliss-reactive ketones (excluding diaryl/α,β-unsaturated/α-hetero) is 1. The Morgan fingerprint density at radius 2 is 1.68 bits per heavy atom. The molecule has 0 atom stereocenters. The molecule has 4 nitrogen and oxygen atoms in total. The van der Waals surface area contributed by atoms with E-state index < -0.39 is 18.3 Å². The summed E-state index contributed by atoms with van der Waals surface area (Å²) < 4.78 is 11.8. The highest BCUT2D eigenvalue weighted by molar-refractivity contribution is 6.64. The number of rotatable bonds is 2. The number of carbonyl (C=O) groups is 1. The summed E-state index contributed by atoms with van der Waals surface area (Å²) in [5.41, 5.74) is -0.172. The molecule has 0 bridgehead atoms. The van der Waals surface area contributed by atoms with Gasteiger partial charge in [0.25, 0.3) is 0 Å². The molecule has 102 valence electrons. The number of hydrogen-bond donors (Lipinski definition) is 1. The fourth-order valence-corrected chi connectivity index (χ4v) is 2.07. The second kappa shape index (κ2) is 4.35. The molecule has 1 aromatic carbocycles. The monoisotopic (exact) mass is 262 g/mol. The Hall–Kier alpha value is -1.33. The van der Waals surface area contributed by atoms with Gasteiger partial charge in [-0.15, -0.1) is 0 Å². The van der Waals surface area contributed by atoms with E-state index in [0.29, 0.717) is 11.0 Å². The van der Waals surface area contributed by atoms with Crippen molar-refractivity contribution in [2.24, 2.45) is 0 Å². The largest absolute Gasteiger partial charge is 0.508 e. The van der Waals surface area contributed by atoms with E-state index in [4.69, 9.17) is 9.31 Å². The van der Waals surface area contributed by atoms with Crippen LogP contribution in [-0.4, -0.2) is 29.2 Å². The van der Waals surface area contributed by atoms with Gasteiger partial charge in [0.05, 0.1) is 11.2 Å². The zero-order chi connectivity index (χ0) is 14.4. The van der Waals surface area contributed by atoms with Crippen LogP contribution in [0.15, 0.2) is 18.2 Å². The molecular formula is C14H19BO4. The maximum Gasteiger partial charge on any atom is 0.499 e. The SMILES string of the molecule is CC(=O)c1cccc(O)c1B1OC(C)(C)C(C)(C)O1. The van der Waals surface area contributed by atoms with Gasteiger partial charge in [-0.1, -0.05) is 12.1 Å². The maximum atomic E-state index is 11.7. The van der Waals surface area contributed by atoms with E-state index in [1.807, 2.05) is 27.7 Å². The first-order valence-corrected chi connectivity index (χ1v) is 6.34. The lowest BCUT2D eigenvalue weighted by atomic mass is 9.74. The van der Waals surface area contributed by atoms with Crippen LogP contribution in [0.25, 0.3) is 0 Å². The number of benzene rings is 1. The molecule has 1 N–H and O–H groups in total. The van der Waals surface area contributed by atoms with Crippen molar-refractivity contribution in [3.8, 4) is 5.75 Å². The van der Waals surface area contributed by atoms with Gasteiger partial charge in [-0.05, 0) is 40.7 Å². The number of ketones is 1. The minimum atomic E-state index is -0.731. The van der Waals surface area contributed by atoms with Crippen molar-refractivity contribution in [2.45, 2.75) is 45.8 Å². The van der Waals surface area contributed by atoms with Crippen LogP contribution in [-0.2, 0) is 9.31 Å². The molecule has 0 spiro atoms. The first kappa shape index (κ1) is 14.1. The lowest BCUT2D eigenvalue weighted by molar-refractivity contribution is 0.00578. The van der Waals surface area contributed by atoms with Crippen LogP contribution in [0.3, 0.4) is 0 Å². The lowest BCUT2D eigenvalue weighted by Gasteiger charge is -2.32. The molecule has 0 amide bonds. The molecule has 0 saturated carbocycles. The summed E-state index contributed by atoms with van der Waals surface area (Å²) in [5.74, 6) is -0.105. The fourth-order valence-electron chi connectivity index (χ4n) is 2.07. The summed E-state index contributed by atoms with van der Waals surface area (Å²) in [7, 11) is -0.731. The summed E-state index contributed by atoms with van der Waals surface area (Å²) >= 11 is 0. The van der Waals surface area contributed by atoms with Gasteiger partial charge >= 0.3 is 7.12 Å². The molecule has 1 aliphatic heterocycles. The average molecular weight is 262 g/mol. The Labute approximate surface area is 113 Å². The van der Waals surface area contributed by atoms with Crippen LogP contribution in [0.2, 0.25) is 0 Å². The molecule has 5 heteroatoms. The molecule has 1 saturated heterocycles. The van der Waals surface area contributed by atoms with Gasteiger partial charge in [-0.2, -0.15) is 0 Å². The number of aromatic hydroxyl groups is 1. The summed E-state index contributed by atoms with van der Waals surface area (Å²) in [6, 6.07) is 4.84. The standard InChI is InChI=1S/C14H19BO4/c1-9(16)10-7-6-8-11(17)12(10)15-18-13(2,3)14(4,5)19-15/h6-8,17H,1-5H3. The Morgan fingerprint density at radius 1 is 1.16 bits per heavy atom. The number of phenols is 1. The molecule has 2 rings (SSSR count). The van der Waals surface area contributed by atoms with Gasteiger partial charge in [0.15, 0.2) is 5.78 Å². The Morgan fingerprint density at radius 3 is 2.16 bits per heavy atom. The van der Waals surface area contributed by atoms with E-state index in [1.165, 1.54) is 13.0 Å². The average Bonchev–Trinajstić information content (AvgIpc) is 2.47. The second-order valence-corrected chi connectivity index (χ2v) is 5.88. The zero-order valence-corrected chi connectivity index (χ0v) is 12.0. The number of hydrogen-bond acceptors (Lipinski definition) is 4.